The third kappa shape index (κ3) is 2.60. The molecule has 0 saturated heterocycles. The number of rotatable bonds is 4. The first-order valence-electron chi connectivity index (χ1n) is 5.33. The number of nitrogens with zero attached hydrogens (tertiary/aromatic N) is 3. The smallest absolute Gasteiger partial charge is 0.292 e. The first-order chi connectivity index (χ1) is 8.60. The lowest BCUT2D eigenvalue weighted by Crippen LogP contribution is -1.96. The van der Waals surface area contributed by atoms with Crippen molar-refractivity contribution in [1.29, 1.82) is 0 Å². The normalized spacial score (nSPS) is 10.3. The molecule has 94 valence electrons. The number of nitro benzene ring substituents is 1. The van der Waals surface area contributed by atoms with Crippen LogP contribution in [0.4, 0.5) is 17.1 Å². The van der Waals surface area contributed by atoms with Gasteiger partial charge in [0.25, 0.3) is 5.69 Å². The minimum Gasteiger partial charge on any atom is -0.347 e. The Morgan fingerprint density at radius 2 is 2.33 bits per heavy atom. The molecule has 18 heavy (non-hydrogen) atoms. The zero-order chi connectivity index (χ0) is 13.1. The van der Waals surface area contributed by atoms with Crippen LogP contribution in [0, 0.1) is 10.1 Å². The molecule has 0 aliphatic rings. The van der Waals surface area contributed by atoms with Crippen LogP contribution in [-0.4, -0.2) is 14.7 Å². The molecule has 0 bridgehead atoms. The maximum Gasteiger partial charge on any atom is 0.292 e. The van der Waals surface area contributed by atoms with Gasteiger partial charge in [-0.15, -0.1) is 0 Å². The van der Waals surface area contributed by atoms with E-state index in [1.165, 1.54) is 18.2 Å². The fraction of sp³-hybridized carbons (Fsp3) is 0.182. The minimum atomic E-state index is -0.455. The second-order valence-electron chi connectivity index (χ2n) is 3.63. The molecule has 0 aliphatic carbocycles. The number of aromatic nitrogens is 2. The van der Waals surface area contributed by atoms with Gasteiger partial charge in [0.15, 0.2) is 0 Å². The van der Waals surface area contributed by atoms with E-state index in [0.29, 0.717) is 16.4 Å². The summed E-state index contributed by atoms with van der Waals surface area (Å²) in [6.45, 7) is 2.69. The van der Waals surface area contributed by atoms with E-state index in [-0.39, 0.29) is 5.69 Å². The highest BCUT2D eigenvalue weighted by atomic mass is 35.5. The summed E-state index contributed by atoms with van der Waals surface area (Å²) >= 11 is 5.84. The van der Waals surface area contributed by atoms with Crippen LogP contribution in [0.2, 0.25) is 5.02 Å². The molecular formula is C11H11ClN4O2. The highest BCUT2D eigenvalue weighted by Gasteiger charge is 2.14. The number of benzene rings is 1. The Kier molecular flexibility index (Phi) is 3.47. The molecule has 7 heteroatoms. The predicted octanol–water partition coefficient (Wildman–Crippen LogP) is 3.21. The van der Waals surface area contributed by atoms with E-state index >= 15 is 0 Å². The molecule has 1 aromatic carbocycles. The largest absolute Gasteiger partial charge is 0.347 e. The molecule has 6 nitrogen and oxygen atoms in total. The van der Waals surface area contributed by atoms with Crippen LogP contribution in [0.5, 0.6) is 0 Å². The Morgan fingerprint density at radius 3 is 2.94 bits per heavy atom. The average molecular weight is 267 g/mol. The van der Waals surface area contributed by atoms with E-state index < -0.39 is 4.92 Å². The van der Waals surface area contributed by atoms with Crippen LogP contribution in [0.1, 0.15) is 6.92 Å². The predicted molar refractivity (Wildman–Crippen MR) is 69.3 cm³/mol. The van der Waals surface area contributed by atoms with Crippen molar-refractivity contribution in [1.82, 2.24) is 9.78 Å². The Morgan fingerprint density at radius 1 is 1.56 bits per heavy atom. The van der Waals surface area contributed by atoms with Gasteiger partial charge in [-0.05, 0) is 19.1 Å². The molecule has 1 aromatic heterocycles. The molecule has 0 unspecified atom stereocenters. The van der Waals surface area contributed by atoms with Gasteiger partial charge in [0, 0.05) is 23.8 Å². The number of anilines is 2. The van der Waals surface area contributed by atoms with Crippen molar-refractivity contribution in [2.24, 2.45) is 0 Å². The van der Waals surface area contributed by atoms with Gasteiger partial charge in [-0.25, -0.2) is 0 Å². The van der Waals surface area contributed by atoms with Crippen molar-refractivity contribution in [2.75, 3.05) is 5.32 Å². The summed E-state index contributed by atoms with van der Waals surface area (Å²) in [6.07, 6.45) is 3.37. The van der Waals surface area contributed by atoms with Gasteiger partial charge < -0.3 is 5.32 Å². The highest BCUT2D eigenvalue weighted by molar-refractivity contribution is 6.31. The lowest BCUT2D eigenvalue weighted by atomic mass is 10.2. The molecule has 2 aromatic rings. The molecule has 1 N–H and O–H groups in total. The molecular weight excluding hydrogens is 256 g/mol. The molecule has 0 atom stereocenters. The number of nitrogens with one attached hydrogen (secondary N) is 1. The Balaban J connectivity index is 2.32. The number of hydrogen-bond acceptors (Lipinski definition) is 4. The van der Waals surface area contributed by atoms with Crippen molar-refractivity contribution in [3.05, 3.63) is 45.7 Å². The third-order valence-electron chi connectivity index (χ3n) is 2.39. The second-order valence-corrected chi connectivity index (χ2v) is 4.06. The SMILES string of the molecule is CCn1cc(Nc2cc(Cl)ccc2[N+](=O)[O-])cn1. The molecule has 0 spiro atoms. The maximum atomic E-state index is 10.9. The van der Waals surface area contributed by atoms with Crippen LogP contribution in [-0.2, 0) is 6.54 Å². The van der Waals surface area contributed by atoms with E-state index in [1.807, 2.05) is 6.92 Å². The maximum absolute atomic E-state index is 10.9. The summed E-state index contributed by atoms with van der Waals surface area (Å²) in [5, 5.41) is 18.3. The number of nitro groups is 1. The van der Waals surface area contributed by atoms with Gasteiger partial charge in [-0.3, -0.25) is 14.8 Å². The first-order valence-corrected chi connectivity index (χ1v) is 5.71. The van der Waals surface area contributed by atoms with Gasteiger partial charge in [0.05, 0.1) is 16.8 Å². The fourth-order valence-corrected chi connectivity index (χ4v) is 1.70. The summed E-state index contributed by atoms with van der Waals surface area (Å²) in [5.41, 5.74) is 1.01. The molecule has 1 heterocycles. The summed E-state index contributed by atoms with van der Waals surface area (Å²) in [7, 11) is 0. The molecule has 0 amide bonds. The van der Waals surface area contributed by atoms with Crippen LogP contribution < -0.4 is 5.32 Å². The van der Waals surface area contributed by atoms with Gasteiger partial charge in [0.1, 0.15) is 5.69 Å². The van der Waals surface area contributed by atoms with Crippen LogP contribution >= 0.6 is 11.6 Å². The van der Waals surface area contributed by atoms with Crippen molar-refractivity contribution >= 4 is 28.7 Å². The van der Waals surface area contributed by atoms with E-state index in [4.69, 9.17) is 11.6 Å². The monoisotopic (exact) mass is 266 g/mol. The number of halogens is 1. The summed E-state index contributed by atoms with van der Waals surface area (Å²) in [5.74, 6) is 0. The average Bonchev–Trinajstić information content (AvgIpc) is 2.76. The second kappa shape index (κ2) is 5.05. The lowest BCUT2D eigenvalue weighted by Gasteiger charge is -2.04. The standard InChI is InChI=1S/C11H11ClN4O2/c1-2-15-7-9(6-13-15)14-10-5-8(12)3-4-11(10)16(17)18/h3-7,14H,2H2,1H3. The van der Waals surface area contributed by atoms with Gasteiger partial charge in [-0.2, -0.15) is 5.10 Å². The number of aryl methyl sites for hydroxylation is 1. The fourth-order valence-electron chi connectivity index (χ4n) is 1.52. The number of hydrogen-bond donors (Lipinski definition) is 1. The van der Waals surface area contributed by atoms with Crippen LogP contribution in [0.3, 0.4) is 0 Å². The summed E-state index contributed by atoms with van der Waals surface area (Å²) in [4.78, 5) is 10.4. The highest BCUT2D eigenvalue weighted by Crippen LogP contribution is 2.30. The molecule has 0 saturated carbocycles. The van der Waals surface area contributed by atoms with E-state index in [9.17, 15) is 10.1 Å². The first kappa shape index (κ1) is 12.4. The molecule has 0 radical (unpaired) electrons. The van der Waals surface area contributed by atoms with Crippen LogP contribution in [0.15, 0.2) is 30.6 Å². The van der Waals surface area contributed by atoms with Crippen molar-refractivity contribution in [3.63, 3.8) is 0 Å². The van der Waals surface area contributed by atoms with Crippen molar-refractivity contribution in [2.45, 2.75) is 13.5 Å². The Hall–Kier alpha value is -2.08. The van der Waals surface area contributed by atoms with E-state index in [2.05, 4.69) is 10.4 Å². The quantitative estimate of drug-likeness (QED) is 0.681. The van der Waals surface area contributed by atoms with Crippen LogP contribution in [0.25, 0.3) is 0 Å². The minimum absolute atomic E-state index is 0.0244. The van der Waals surface area contributed by atoms with E-state index in [0.717, 1.165) is 6.54 Å². The van der Waals surface area contributed by atoms with E-state index in [1.54, 1.807) is 17.1 Å². The Bertz CT molecular complexity index is 582. The Labute approximate surface area is 108 Å². The van der Waals surface area contributed by atoms with Gasteiger partial charge in [0.2, 0.25) is 0 Å². The molecule has 2 rings (SSSR count). The lowest BCUT2D eigenvalue weighted by molar-refractivity contribution is -0.383. The molecule has 0 fully saturated rings. The van der Waals surface area contributed by atoms with Crippen molar-refractivity contribution < 1.29 is 4.92 Å². The molecule has 0 aliphatic heterocycles. The summed E-state index contributed by atoms with van der Waals surface area (Å²) in [6, 6.07) is 4.37. The zero-order valence-corrected chi connectivity index (χ0v) is 10.4. The van der Waals surface area contributed by atoms with Crippen molar-refractivity contribution in [3.8, 4) is 0 Å². The third-order valence-corrected chi connectivity index (χ3v) is 2.63. The zero-order valence-electron chi connectivity index (χ0n) is 9.63. The van der Waals surface area contributed by atoms with Gasteiger partial charge >= 0.3 is 0 Å². The van der Waals surface area contributed by atoms with Gasteiger partial charge in [-0.1, -0.05) is 11.6 Å². The summed E-state index contributed by atoms with van der Waals surface area (Å²) < 4.78 is 1.72. The topological polar surface area (TPSA) is 73.0 Å².